The normalized spacial score (nSPS) is 12.7. The highest BCUT2D eigenvalue weighted by molar-refractivity contribution is 5.35. The molecule has 1 aromatic heterocycles. The summed E-state index contributed by atoms with van der Waals surface area (Å²) in [6.45, 7) is 1.93. The third-order valence-corrected chi connectivity index (χ3v) is 2.35. The molecule has 0 aliphatic heterocycles. The summed E-state index contributed by atoms with van der Waals surface area (Å²) in [4.78, 5) is 13.9. The first-order chi connectivity index (χ1) is 7.18. The van der Waals surface area contributed by atoms with Gasteiger partial charge in [-0.05, 0) is 24.6 Å². The summed E-state index contributed by atoms with van der Waals surface area (Å²) in [5.41, 5.74) is 7.50. The van der Waals surface area contributed by atoms with E-state index in [1.807, 2.05) is 31.2 Å². The van der Waals surface area contributed by atoms with Gasteiger partial charge in [0.1, 0.15) is 0 Å². The van der Waals surface area contributed by atoms with Crippen molar-refractivity contribution in [1.29, 1.82) is 0 Å². The number of benzene rings is 1. The van der Waals surface area contributed by atoms with E-state index in [4.69, 9.17) is 5.73 Å². The highest BCUT2D eigenvalue weighted by Crippen LogP contribution is 2.12. The van der Waals surface area contributed by atoms with Crippen LogP contribution in [0.25, 0.3) is 5.69 Å². The van der Waals surface area contributed by atoms with Crippen LogP contribution in [0.2, 0.25) is 0 Å². The van der Waals surface area contributed by atoms with Gasteiger partial charge in [0.2, 0.25) is 0 Å². The van der Waals surface area contributed by atoms with E-state index in [2.05, 4.69) is 4.98 Å². The number of nitrogens with two attached hydrogens (primary N) is 1. The van der Waals surface area contributed by atoms with Gasteiger partial charge in [0, 0.05) is 18.4 Å². The molecule has 0 spiro atoms. The Morgan fingerprint density at radius 3 is 2.47 bits per heavy atom. The van der Waals surface area contributed by atoms with Crippen molar-refractivity contribution in [2.75, 3.05) is 0 Å². The lowest BCUT2D eigenvalue weighted by Gasteiger charge is -2.06. The lowest BCUT2D eigenvalue weighted by Crippen LogP contribution is -2.14. The molecule has 1 aromatic carbocycles. The molecule has 2 rings (SSSR count). The first-order valence-corrected chi connectivity index (χ1v) is 4.80. The Labute approximate surface area is 87.4 Å². The number of nitrogens with one attached hydrogen (secondary N) is 1. The summed E-state index contributed by atoms with van der Waals surface area (Å²) in [7, 11) is 0. The molecule has 4 nitrogen and oxygen atoms in total. The van der Waals surface area contributed by atoms with Crippen LogP contribution in [0.15, 0.2) is 41.5 Å². The van der Waals surface area contributed by atoms with Crippen molar-refractivity contribution < 1.29 is 0 Å². The van der Waals surface area contributed by atoms with Gasteiger partial charge in [-0.2, -0.15) is 0 Å². The number of aromatic nitrogens is 2. The second kappa shape index (κ2) is 3.74. The van der Waals surface area contributed by atoms with E-state index in [1.54, 1.807) is 17.0 Å². The SMILES string of the molecule is CC(N)c1ccc(-n2cc[nH]c2=O)cc1. The molecule has 2 aromatic rings. The number of nitrogens with zero attached hydrogens (tertiary/aromatic N) is 1. The fourth-order valence-electron chi connectivity index (χ4n) is 1.46. The van der Waals surface area contributed by atoms with Crippen LogP contribution >= 0.6 is 0 Å². The molecule has 0 amide bonds. The van der Waals surface area contributed by atoms with E-state index in [9.17, 15) is 4.79 Å². The first-order valence-electron chi connectivity index (χ1n) is 4.80. The molecule has 0 saturated carbocycles. The van der Waals surface area contributed by atoms with Gasteiger partial charge in [0.25, 0.3) is 0 Å². The number of hydrogen-bond donors (Lipinski definition) is 2. The van der Waals surface area contributed by atoms with Crippen LogP contribution in [0.5, 0.6) is 0 Å². The van der Waals surface area contributed by atoms with Crippen molar-refractivity contribution in [3.8, 4) is 5.69 Å². The van der Waals surface area contributed by atoms with Crippen molar-refractivity contribution >= 4 is 0 Å². The predicted molar refractivity (Wildman–Crippen MR) is 59.0 cm³/mol. The summed E-state index contributed by atoms with van der Waals surface area (Å²) in [5, 5.41) is 0. The number of imidazole rings is 1. The Morgan fingerprint density at radius 1 is 1.33 bits per heavy atom. The molecule has 0 saturated heterocycles. The van der Waals surface area contributed by atoms with Crippen molar-refractivity contribution in [3.05, 3.63) is 52.7 Å². The number of hydrogen-bond acceptors (Lipinski definition) is 2. The molecule has 15 heavy (non-hydrogen) atoms. The molecular formula is C11H13N3O. The molecule has 0 bridgehead atoms. The zero-order valence-electron chi connectivity index (χ0n) is 8.47. The van der Waals surface area contributed by atoms with Gasteiger partial charge in [-0.15, -0.1) is 0 Å². The van der Waals surface area contributed by atoms with Gasteiger partial charge in [0.05, 0.1) is 5.69 Å². The van der Waals surface area contributed by atoms with Gasteiger partial charge in [0.15, 0.2) is 0 Å². The average molecular weight is 203 g/mol. The van der Waals surface area contributed by atoms with Gasteiger partial charge in [-0.25, -0.2) is 4.79 Å². The highest BCUT2D eigenvalue weighted by atomic mass is 16.1. The molecule has 0 radical (unpaired) electrons. The average Bonchev–Trinajstić information content (AvgIpc) is 2.65. The van der Waals surface area contributed by atoms with Gasteiger partial charge >= 0.3 is 5.69 Å². The van der Waals surface area contributed by atoms with Crippen LogP contribution in [-0.4, -0.2) is 9.55 Å². The molecule has 4 heteroatoms. The topological polar surface area (TPSA) is 63.8 Å². The van der Waals surface area contributed by atoms with E-state index in [0.29, 0.717) is 0 Å². The first kappa shape index (κ1) is 9.73. The second-order valence-corrected chi connectivity index (χ2v) is 3.52. The molecular weight excluding hydrogens is 190 g/mol. The molecule has 1 atom stereocenters. The van der Waals surface area contributed by atoms with E-state index in [0.717, 1.165) is 11.3 Å². The molecule has 78 valence electrons. The lowest BCUT2D eigenvalue weighted by atomic mass is 10.1. The Morgan fingerprint density at radius 2 is 2.00 bits per heavy atom. The van der Waals surface area contributed by atoms with Crippen LogP contribution in [0.3, 0.4) is 0 Å². The Balaban J connectivity index is 2.40. The molecule has 1 heterocycles. The third-order valence-electron chi connectivity index (χ3n) is 2.35. The van der Waals surface area contributed by atoms with Crippen molar-refractivity contribution in [2.24, 2.45) is 5.73 Å². The van der Waals surface area contributed by atoms with E-state index >= 15 is 0 Å². The van der Waals surface area contributed by atoms with Crippen LogP contribution < -0.4 is 11.4 Å². The summed E-state index contributed by atoms with van der Waals surface area (Å²) >= 11 is 0. The van der Waals surface area contributed by atoms with Crippen molar-refractivity contribution in [3.63, 3.8) is 0 Å². The minimum Gasteiger partial charge on any atom is -0.324 e. The summed E-state index contributed by atoms with van der Waals surface area (Å²) < 4.78 is 1.55. The predicted octanol–water partition coefficient (Wildman–Crippen LogP) is 1.19. The largest absolute Gasteiger partial charge is 0.330 e. The van der Waals surface area contributed by atoms with E-state index in [1.165, 1.54) is 0 Å². The standard InChI is InChI=1S/C11H13N3O/c1-8(12)9-2-4-10(5-3-9)14-7-6-13-11(14)15/h2-8H,12H2,1H3,(H,13,15). The van der Waals surface area contributed by atoms with Crippen LogP contribution in [0.4, 0.5) is 0 Å². The Bertz CT molecular complexity index is 493. The van der Waals surface area contributed by atoms with Gasteiger partial charge < -0.3 is 10.7 Å². The van der Waals surface area contributed by atoms with Crippen LogP contribution in [0, 0.1) is 0 Å². The smallest absolute Gasteiger partial charge is 0.324 e. The zero-order chi connectivity index (χ0) is 10.8. The van der Waals surface area contributed by atoms with E-state index < -0.39 is 0 Å². The molecule has 0 fully saturated rings. The fraction of sp³-hybridized carbons (Fsp3) is 0.182. The number of aromatic amines is 1. The Hall–Kier alpha value is -1.81. The fourth-order valence-corrected chi connectivity index (χ4v) is 1.46. The van der Waals surface area contributed by atoms with Gasteiger partial charge in [-0.1, -0.05) is 12.1 Å². The summed E-state index contributed by atoms with van der Waals surface area (Å²) in [6.07, 6.45) is 3.31. The van der Waals surface area contributed by atoms with Crippen LogP contribution in [0.1, 0.15) is 18.5 Å². The van der Waals surface area contributed by atoms with E-state index in [-0.39, 0.29) is 11.7 Å². The van der Waals surface area contributed by atoms with Crippen LogP contribution in [-0.2, 0) is 0 Å². The summed E-state index contributed by atoms with van der Waals surface area (Å²) in [6, 6.07) is 7.64. The minimum absolute atomic E-state index is 0.0157. The summed E-state index contributed by atoms with van der Waals surface area (Å²) in [5.74, 6) is 0. The number of rotatable bonds is 2. The number of H-pyrrole nitrogens is 1. The quantitative estimate of drug-likeness (QED) is 0.770. The van der Waals surface area contributed by atoms with Crippen molar-refractivity contribution in [1.82, 2.24) is 9.55 Å². The molecule has 1 unspecified atom stereocenters. The monoisotopic (exact) mass is 203 g/mol. The maximum Gasteiger partial charge on any atom is 0.330 e. The third kappa shape index (κ3) is 1.85. The minimum atomic E-state index is -0.136. The molecule has 0 aliphatic rings. The van der Waals surface area contributed by atoms with Crippen molar-refractivity contribution in [2.45, 2.75) is 13.0 Å². The maximum absolute atomic E-state index is 11.3. The lowest BCUT2D eigenvalue weighted by molar-refractivity contribution is 0.817. The maximum atomic E-state index is 11.3. The highest BCUT2D eigenvalue weighted by Gasteiger charge is 2.01. The zero-order valence-corrected chi connectivity index (χ0v) is 8.47. The molecule has 0 aliphatic carbocycles. The molecule has 3 N–H and O–H groups in total. The van der Waals surface area contributed by atoms with Gasteiger partial charge in [-0.3, -0.25) is 4.57 Å². The Kier molecular flexibility index (Phi) is 2.43. The second-order valence-electron chi connectivity index (χ2n) is 3.52.